The number of rotatable bonds is 5. The van der Waals surface area contributed by atoms with Crippen LogP contribution in [0.25, 0.3) is 22.7 Å². The predicted octanol–water partition coefficient (Wildman–Crippen LogP) is 2.41. The van der Waals surface area contributed by atoms with Gasteiger partial charge >= 0.3 is 0 Å². The highest BCUT2D eigenvalue weighted by Crippen LogP contribution is 2.27. The van der Waals surface area contributed by atoms with Gasteiger partial charge in [-0.05, 0) is 35.9 Å². The highest BCUT2D eigenvalue weighted by molar-refractivity contribution is 6.32. The van der Waals surface area contributed by atoms with Gasteiger partial charge in [-0.1, -0.05) is 29.8 Å². The van der Waals surface area contributed by atoms with Crippen LogP contribution in [-0.4, -0.2) is 22.5 Å². The average Bonchev–Trinajstić information content (AvgIpc) is 3.02. The molecule has 7 heteroatoms. The first-order chi connectivity index (χ1) is 12.1. The summed E-state index contributed by atoms with van der Waals surface area (Å²) in [4.78, 5) is 17.9. The molecule has 124 valence electrons. The van der Waals surface area contributed by atoms with Crippen LogP contribution in [0, 0.1) is 11.3 Å². The molecule has 0 aliphatic heterocycles. The molecule has 0 unspecified atom stereocenters. The van der Waals surface area contributed by atoms with E-state index >= 15 is 0 Å². The lowest BCUT2D eigenvalue weighted by Crippen LogP contribution is -2.28. The van der Waals surface area contributed by atoms with Gasteiger partial charge in [-0.2, -0.15) is 5.26 Å². The number of imidazole rings is 1. The third-order valence-electron chi connectivity index (χ3n) is 3.38. The second kappa shape index (κ2) is 7.07. The maximum absolute atomic E-state index is 10.4. The van der Waals surface area contributed by atoms with Crippen molar-refractivity contribution in [2.75, 3.05) is 6.61 Å². The number of nitriles is 1. The van der Waals surface area contributed by atoms with E-state index in [0.29, 0.717) is 17.0 Å². The predicted molar refractivity (Wildman–Crippen MR) is 91.5 cm³/mol. The van der Waals surface area contributed by atoms with Gasteiger partial charge in [0, 0.05) is 0 Å². The van der Waals surface area contributed by atoms with Crippen LogP contribution in [0.5, 0.6) is 5.75 Å². The lowest BCUT2D eigenvalue weighted by Gasteiger charge is -2.08. The summed E-state index contributed by atoms with van der Waals surface area (Å²) in [5, 5.41) is 20.1. The lowest BCUT2D eigenvalue weighted by atomic mass is 10.1. The van der Waals surface area contributed by atoms with Crippen molar-refractivity contribution in [3.63, 3.8) is 0 Å². The normalized spacial score (nSPS) is 11.3. The number of allylic oxidation sites excluding steroid dienone is 1. The van der Waals surface area contributed by atoms with Gasteiger partial charge in [-0.15, -0.1) is 0 Å². The van der Waals surface area contributed by atoms with E-state index in [1.165, 1.54) is 6.07 Å². The number of carbonyl (C=O) groups excluding carboxylic acids is 1. The molecule has 6 nitrogen and oxygen atoms in total. The monoisotopic (exact) mass is 352 g/mol. The number of fused-ring (bicyclic) bond motifs is 1. The van der Waals surface area contributed by atoms with Crippen LogP contribution >= 0.6 is 11.6 Å². The first kappa shape index (κ1) is 16.6. The molecule has 0 bridgehead atoms. The van der Waals surface area contributed by atoms with Gasteiger partial charge in [0.1, 0.15) is 24.3 Å². The minimum atomic E-state index is -1.34. The molecular formula is C18H11ClN3O3-. The molecule has 0 spiro atoms. The molecule has 0 amide bonds. The number of hydrogen-bond acceptors (Lipinski definition) is 5. The Balaban J connectivity index is 1.90. The second-order valence-electron chi connectivity index (χ2n) is 5.12. The molecule has 2 aromatic carbocycles. The third kappa shape index (κ3) is 3.79. The standard InChI is InChI=1S/C18H12ClN3O3/c19-13-8-11(5-6-16(13)25-10-17(23)24)7-12(9-20)18-21-14-3-1-2-4-15(14)22-18/h1-8H,10H2,(H,21,22)(H,23,24)/p-1/b12-7-. The number of aromatic nitrogens is 2. The fourth-order valence-electron chi connectivity index (χ4n) is 2.26. The number of carbonyl (C=O) groups is 1. The van der Waals surface area contributed by atoms with Crippen molar-refractivity contribution in [1.29, 1.82) is 5.26 Å². The number of hydrogen-bond donors (Lipinski definition) is 1. The average molecular weight is 353 g/mol. The van der Waals surface area contributed by atoms with Crippen molar-refractivity contribution in [3.8, 4) is 11.8 Å². The Bertz CT molecular complexity index is 985. The van der Waals surface area contributed by atoms with Gasteiger partial charge in [-0.3, -0.25) is 0 Å². The van der Waals surface area contributed by atoms with Crippen molar-refractivity contribution < 1.29 is 14.6 Å². The molecule has 1 N–H and O–H groups in total. The first-order valence-corrected chi connectivity index (χ1v) is 7.64. The molecule has 3 aromatic rings. The number of aromatic amines is 1. The lowest BCUT2D eigenvalue weighted by molar-refractivity contribution is -0.307. The highest BCUT2D eigenvalue weighted by Gasteiger charge is 2.09. The van der Waals surface area contributed by atoms with Crippen molar-refractivity contribution in [2.45, 2.75) is 0 Å². The van der Waals surface area contributed by atoms with Crippen LogP contribution in [-0.2, 0) is 4.79 Å². The Morgan fingerprint density at radius 3 is 2.84 bits per heavy atom. The maximum Gasteiger partial charge on any atom is 0.149 e. The van der Waals surface area contributed by atoms with E-state index in [0.717, 1.165) is 11.0 Å². The Morgan fingerprint density at radius 1 is 1.36 bits per heavy atom. The molecule has 0 saturated carbocycles. The third-order valence-corrected chi connectivity index (χ3v) is 3.67. The number of carboxylic acid groups (broad SMARTS) is 1. The summed E-state index contributed by atoms with van der Waals surface area (Å²) >= 11 is 6.08. The number of carboxylic acids is 1. The zero-order valence-electron chi connectivity index (χ0n) is 12.8. The number of nitrogens with one attached hydrogen (secondary N) is 1. The summed E-state index contributed by atoms with van der Waals surface area (Å²) in [6.45, 7) is -0.586. The fourth-order valence-corrected chi connectivity index (χ4v) is 2.50. The van der Waals surface area contributed by atoms with Crippen LogP contribution in [0.1, 0.15) is 11.4 Å². The quantitative estimate of drug-likeness (QED) is 0.710. The van der Waals surface area contributed by atoms with E-state index in [-0.39, 0.29) is 10.8 Å². The van der Waals surface area contributed by atoms with E-state index in [1.54, 1.807) is 18.2 Å². The maximum atomic E-state index is 10.4. The molecule has 25 heavy (non-hydrogen) atoms. The van der Waals surface area contributed by atoms with Gasteiger partial charge in [0.25, 0.3) is 0 Å². The summed E-state index contributed by atoms with van der Waals surface area (Å²) < 4.78 is 5.01. The zero-order valence-corrected chi connectivity index (χ0v) is 13.6. The number of ether oxygens (including phenoxy) is 1. The van der Waals surface area contributed by atoms with Gasteiger partial charge in [0.2, 0.25) is 0 Å². The molecule has 0 fully saturated rings. The summed E-state index contributed by atoms with van der Waals surface area (Å²) in [7, 11) is 0. The molecule has 0 saturated heterocycles. The number of halogens is 1. The molecule has 1 aromatic heterocycles. The minimum absolute atomic E-state index is 0.227. The molecule has 3 rings (SSSR count). The smallest absolute Gasteiger partial charge is 0.149 e. The van der Waals surface area contributed by atoms with E-state index in [1.807, 2.05) is 24.3 Å². The van der Waals surface area contributed by atoms with Crippen molar-refractivity contribution in [1.82, 2.24) is 9.97 Å². The molecule has 0 aliphatic carbocycles. The minimum Gasteiger partial charge on any atom is -0.546 e. The summed E-state index contributed by atoms with van der Waals surface area (Å²) in [6.07, 6.45) is 1.63. The van der Waals surface area contributed by atoms with E-state index < -0.39 is 12.6 Å². The number of benzene rings is 2. The van der Waals surface area contributed by atoms with Gasteiger partial charge in [-0.25, -0.2) is 4.98 Å². The van der Waals surface area contributed by atoms with Crippen LogP contribution in [0.3, 0.4) is 0 Å². The SMILES string of the molecule is N#C/C(=C/c1ccc(OCC(=O)[O-])c(Cl)c1)c1nc2ccccc2[nH]1. The summed E-state index contributed by atoms with van der Waals surface area (Å²) in [5.41, 5.74) is 2.60. The van der Waals surface area contributed by atoms with E-state index in [4.69, 9.17) is 16.3 Å². The van der Waals surface area contributed by atoms with Crippen molar-refractivity contribution in [2.24, 2.45) is 0 Å². The molecular weight excluding hydrogens is 342 g/mol. The van der Waals surface area contributed by atoms with Crippen LogP contribution < -0.4 is 9.84 Å². The van der Waals surface area contributed by atoms with E-state index in [2.05, 4.69) is 16.0 Å². The molecule has 0 radical (unpaired) electrons. The molecule has 1 heterocycles. The van der Waals surface area contributed by atoms with E-state index in [9.17, 15) is 15.2 Å². The summed E-state index contributed by atoms with van der Waals surface area (Å²) in [6, 6.07) is 14.4. The highest BCUT2D eigenvalue weighted by atomic mass is 35.5. The largest absolute Gasteiger partial charge is 0.546 e. The van der Waals surface area contributed by atoms with Crippen LogP contribution in [0.4, 0.5) is 0 Å². The van der Waals surface area contributed by atoms with Gasteiger partial charge < -0.3 is 19.6 Å². The topological polar surface area (TPSA) is 102 Å². The Kier molecular flexibility index (Phi) is 4.68. The fraction of sp³-hybridized carbons (Fsp3) is 0.0556. The Labute approximate surface area is 147 Å². The number of aliphatic carboxylic acids is 1. The second-order valence-corrected chi connectivity index (χ2v) is 5.53. The van der Waals surface area contributed by atoms with Gasteiger partial charge in [0.15, 0.2) is 0 Å². The van der Waals surface area contributed by atoms with Gasteiger partial charge in [0.05, 0.1) is 27.6 Å². The number of nitrogens with zero attached hydrogens (tertiary/aromatic N) is 2. The van der Waals surface area contributed by atoms with Crippen molar-refractivity contribution >= 4 is 40.3 Å². The number of H-pyrrole nitrogens is 1. The zero-order chi connectivity index (χ0) is 17.8. The molecule has 0 aliphatic rings. The Hall–Kier alpha value is -3.30. The first-order valence-electron chi connectivity index (χ1n) is 7.26. The van der Waals surface area contributed by atoms with Crippen molar-refractivity contribution in [3.05, 3.63) is 58.9 Å². The van der Waals surface area contributed by atoms with Crippen LogP contribution in [0.2, 0.25) is 5.02 Å². The number of para-hydroxylation sites is 2. The van der Waals surface area contributed by atoms with Crippen LogP contribution in [0.15, 0.2) is 42.5 Å². The Morgan fingerprint density at radius 2 is 2.16 bits per heavy atom. The molecule has 0 atom stereocenters. The summed E-state index contributed by atoms with van der Waals surface area (Å²) in [5.74, 6) is -0.654.